The number of esters is 1. The minimum Gasteiger partial charge on any atom is -0.441 e. The van der Waals surface area contributed by atoms with Crippen LogP contribution in [0.1, 0.15) is 58.3 Å². The van der Waals surface area contributed by atoms with Gasteiger partial charge in [0.1, 0.15) is 17.6 Å². The number of ether oxygens (including phenoxy) is 1. The molecule has 1 aromatic rings. The van der Waals surface area contributed by atoms with Gasteiger partial charge in [-0.15, -0.1) is 0 Å². The first kappa shape index (κ1) is 26.2. The Balaban J connectivity index is 2.77. The van der Waals surface area contributed by atoms with E-state index in [0.29, 0.717) is 0 Å². The summed E-state index contributed by atoms with van der Waals surface area (Å²) in [5.74, 6) is -4.21. The highest BCUT2D eigenvalue weighted by atomic mass is 19.1. The second-order valence-electron chi connectivity index (χ2n) is 8.66. The highest BCUT2D eigenvalue weighted by molar-refractivity contribution is 6.06. The molecule has 31 heavy (non-hydrogen) atoms. The first-order chi connectivity index (χ1) is 14.2. The highest BCUT2D eigenvalue weighted by Crippen LogP contribution is 2.24. The Morgan fingerprint density at radius 3 is 2.19 bits per heavy atom. The van der Waals surface area contributed by atoms with Crippen molar-refractivity contribution < 1.29 is 27.9 Å². The normalized spacial score (nSPS) is 13.0. The number of amidine groups is 1. The van der Waals surface area contributed by atoms with E-state index < -0.39 is 41.1 Å². The molecular formula is C21H30F2N4O4. The fourth-order valence-electron chi connectivity index (χ4n) is 2.33. The molecule has 0 saturated heterocycles. The van der Waals surface area contributed by atoms with Crippen molar-refractivity contribution in [1.29, 1.82) is 0 Å². The van der Waals surface area contributed by atoms with Crippen molar-refractivity contribution in [3.63, 3.8) is 0 Å². The zero-order chi connectivity index (χ0) is 23.9. The highest BCUT2D eigenvalue weighted by Gasteiger charge is 2.21. The number of hydrogen-bond donors (Lipinski definition) is 3. The Kier molecular flexibility index (Phi) is 9.23. The van der Waals surface area contributed by atoms with Crippen molar-refractivity contribution in [1.82, 2.24) is 5.32 Å². The van der Waals surface area contributed by atoms with Gasteiger partial charge in [-0.25, -0.2) is 13.8 Å². The third-order valence-corrected chi connectivity index (χ3v) is 4.05. The Bertz CT molecular complexity index is 840. The molecule has 2 amide bonds. The van der Waals surface area contributed by atoms with Gasteiger partial charge < -0.3 is 21.1 Å². The molecule has 0 spiro atoms. The molecule has 0 aliphatic carbocycles. The molecular weight excluding hydrogens is 410 g/mol. The molecule has 0 bridgehead atoms. The lowest BCUT2D eigenvalue weighted by Gasteiger charge is -2.18. The molecule has 8 nitrogen and oxygen atoms in total. The van der Waals surface area contributed by atoms with Crippen LogP contribution >= 0.6 is 0 Å². The van der Waals surface area contributed by atoms with Crippen LogP contribution in [0, 0.1) is 23.0 Å². The molecule has 1 rings (SSSR count). The average Bonchev–Trinajstić information content (AvgIpc) is 2.62. The lowest BCUT2D eigenvalue weighted by Crippen LogP contribution is -2.37. The van der Waals surface area contributed by atoms with Crippen LogP contribution in [-0.2, 0) is 14.3 Å². The smallest absolute Gasteiger partial charge is 0.324 e. The molecule has 1 unspecified atom stereocenters. The number of halogens is 2. The molecule has 0 aromatic heterocycles. The van der Waals surface area contributed by atoms with E-state index in [9.17, 15) is 23.2 Å². The standard InChI is InChI=1S/C21H30F2N4O4/c1-11(2)17(24)20(30)31-10-25-12(3)26-19(29)13-7-14(22)18(15(23)8-13)27-16(28)9-21(4,5)6/h7-8,11,17H,9-10,24H2,1-6H3,(H,27,28)(H,25,26,29). The summed E-state index contributed by atoms with van der Waals surface area (Å²) in [6.07, 6.45) is 0.0659. The second-order valence-corrected chi connectivity index (χ2v) is 8.66. The molecule has 0 radical (unpaired) electrons. The average molecular weight is 440 g/mol. The molecule has 4 N–H and O–H groups in total. The zero-order valence-corrected chi connectivity index (χ0v) is 18.6. The van der Waals surface area contributed by atoms with Gasteiger partial charge in [0, 0.05) is 12.0 Å². The van der Waals surface area contributed by atoms with Crippen LogP contribution in [0.15, 0.2) is 17.1 Å². The van der Waals surface area contributed by atoms with Crippen molar-refractivity contribution in [2.24, 2.45) is 22.1 Å². The predicted molar refractivity (Wildman–Crippen MR) is 113 cm³/mol. The maximum absolute atomic E-state index is 14.3. The topological polar surface area (TPSA) is 123 Å². The van der Waals surface area contributed by atoms with E-state index in [4.69, 9.17) is 10.5 Å². The number of aliphatic imine (C=N–C) groups is 1. The Morgan fingerprint density at radius 2 is 1.71 bits per heavy atom. The fourth-order valence-corrected chi connectivity index (χ4v) is 2.33. The molecule has 1 aromatic carbocycles. The van der Waals surface area contributed by atoms with Crippen molar-refractivity contribution in [2.75, 3.05) is 12.0 Å². The number of nitrogens with two attached hydrogens (primary N) is 1. The molecule has 172 valence electrons. The number of rotatable bonds is 7. The summed E-state index contributed by atoms with van der Waals surface area (Å²) in [7, 11) is 0. The van der Waals surface area contributed by atoms with E-state index in [-0.39, 0.29) is 35.9 Å². The molecule has 0 heterocycles. The number of nitrogens with zero attached hydrogens (tertiary/aromatic N) is 1. The molecule has 0 fully saturated rings. The SMILES string of the molecule is C/C(=N/COC(=O)C(N)C(C)C)NC(=O)c1cc(F)c(NC(=O)CC(C)(C)C)c(F)c1. The second kappa shape index (κ2) is 10.9. The van der Waals surface area contributed by atoms with Crippen molar-refractivity contribution in [3.05, 3.63) is 29.3 Å². The minimum absolute atomic E-state index is 0.0659. The summed E-state index contributed by atoms with van der Waals surface area (Å²) in [6, 6.07) is 0.818. The van der Waals surface area contributed by atoms with Gasteiger partial charge in [0.15, 0.2) is 18.4 Å². The zero-order valence-electron chi connectivity index (χ0n) is 18.6. The van der Waals surface area contributed by atoms with Crippen LogP contribution in [0.3, 0.4) is 0 Å². The van der Waals surface area contributed by atoms with Gasteiger partial charge >= 0.3 is 5.97 Å². The number of carbonyl (C=O) groups excluding carboxylic acids is 3. The van der Waals surface area contributed by atoms with Crippen LogP contribution in [-0.4, -0.2) is 36.4 Å². The van der Waals surface area contributed by atoms with Gasteiger partial charge in [0.25, 0.3) is 5.91 Å². The summed E-state index contributed by atoms with van der Waals surface area (Å²) in [5, 5.41) is 4.53. The van der Waals surface area contributed by atoms with Crippen molar-refractivity contribution >= 4 is 29.3 Å². The number of carbonyl (C=O) groups is 3. The van der Waals surface area contributed by atoms with Gasteiger partial charge in [0.2, 0.25) is 5.91 Å². The van der Waals surface area contributed by atoms with E-state index in [2.05, 4.69) is 15.6 Å². The van der Waals surface area contributed by atoms with E-state index >= 15 is 0 Å². The Labute approximate surface area is 180 Å². The minimum atomic E-state index is -1.08. The lowest BCUT2D eigenvalue weighted by molar-refractivity contribution is -0.146. The van der Waals surface area contributed by atoms with E-state index in [1.165, 1.54) is 6.92 Å². The number of nitrogens with one attached hydrogen (secondary N) is 2. The van der Waals surface area contributed by atoms with E-state index in [1.807, 2.05) is 20.8 Å². The summed E-state index contributed by atoms with van der Waals surface area (Å²) < 4.78 is 33.5. The number of hydrogen-bond acceptors (Lipinski definition) is 6. The molecule has 10 heteroatoms. The third kappa shape index (κ3) is 8.79. The van der Waals surface area contributed by atoms with Gasteiger partial charge in [-0.1, -0.05) is 34.6 Å². The maximum atomic E-state index is 14.3. The quantitative estimate of drug-likeness (QED) is 0.342. The van der Waals surface area contributed by atoms with Crippen molar-refractivity contribution in [3.8, 4) is 0 Å². The largest absolute Gasteiger partial charge is 0.441 e. The molecule has 0 saturated carbocycles. The van der Waals surface area contributed by atoms with Gasteiger partial charge in [-0.05, 0) is 30.4 Å². The lowest BCUT2D eigenvalue weighted by atomic mass is 9.92. The van der Waals surface area contributed by atoms with Gasteiger partial charge in [-0.3, -0.25) is 14.4 Å². The summed E-state index contributed by atoms with van der Waals surface area (Å²) in [6.45, 7) is 10.0. The monoisotopic (exact) mass is 440 g/mol. The number of amides is 2. The summed E-state index contributed by atoms with van der Waals surface area (Å²) >= 11 is 0. The van der Waals surface area contributed by atoms with Gasteiger partial charge in [0.05, 0.1) is 0 Å². The number of anilines is 1. The predicted octanol–water partition coefficient (Wildman–Crippen LogP) is 2.97. The first-order valence-corrected chi connectivity index (χ1v) is 9.74. The Hall–Kier alpha value is -2.88. The fraction of sp³-hybridized carbons (Fsp3) is 0.524. The van der Waals surface area contributed by atoms with Crippen LogP contribution in [0.5, 0.6) is 0 Å². The first-order valence-electron chi connectivity index (χ1n) is 9.74. The molecule has 1 atom stereocenters. The van der Waals surface area contributed by atoms with Crippen LogP contribution in [0.25, 0.3) is 0 Å². The van der Waals surface area contributed by atoms with Gasteiger partial charge in [-0.2, -0.15) is 0 Å². The van der Waals surface area contributed by atoms with Crippen LogP contribution in [0.4, 0.5) is 14.5 Å². The van der Waals surface area contributed by atoms with E-state index in [1.54, 1.807) is 13.8 Å². The van der Waals surface area contributed by atoms with Crippen molar-refractivity contribution in [2.45, 2.75) is 54.0 Å². The van der Waals surface area contributed by atoms with Crippen LogP contribution in [0.2, 0.25) is 0 Å². The van der Waals surface area contributed by atoms with E-state index in [0.717, 1.165) is 12.1 Å². The molecule has 0 aliphatic heterocycles. The third-order valence-electron chi connectivity index (χ3n) is 4.05. The molecule has 0 aliphatic rings. The summed E-state index contributed by atoms with van der Waals surface area (Å²) in [5.41, 5.74) is 4.36. The van der Waals surface area contributed by atoms with Crippen LogP contribution < -0.4 is 16.4 Å². The maximum Gasteiger partial charge on any atom is 0.324 e. The summed E-state index contributed by atoms with van der Waals surface area (Å²) in [4.78, 5) is 39.7. The Morgan fingerprint density at radius 1 is 1.16 bits per heavy atom. The number of benzene rings is 1.